The van der Waals surface area contributed by atoms with E-state index in [1.54, 1.807) is 18.3 Å². The van der Waals surface area contributed by atoms with Gasteiger partial charge in [0.05, 0.1) is 17.3 Å². The van der Waals surface area contributed by atoms with Crippen LogP contribution in [0.15, 0.2) is 42.6 Å². The fourth-order valence-corrected chi connectivity index (χ4v) is 1.20. The second-order valence-electron chi connectivity index (χ2n) is 2.80. The first-order chi connectivity index (χ1) is 6.90. The Morgan fingerprint density at radius 2 is 2.07 bits per heavy atom. The highest BCUT2D eigenvalue weighted by molar-refractivity contribution is 5.60. The third kappa shape index (κ3) is 1.59. The van der Waals surface area contributed by atoms with E-state index in [9.17, 15) is 0 Å². The topological polar surface area (TPSA) is 49.6 Å². The number of hydrogen-bond acceptors (Lipinski definition) is 3. The van der Waals surface area contributed by atoms with Crippen LogP contribution in [-0.4, -0.2) is 10.2 Å². The molecule has 0 radical (unpaired) electrons. The summed E-state index contributed by atoms with van der Waals surface area (Å²) in [5.41, 5.74) is 2.33. The van der Waals surface area contributed by atoms with Gasteiger partial charge in [0.2, 0.25) is 0 Å². The van der Waals surface area contributed by atoms with E-state index in [0.29, 0.717) is 5.56 Å². The number of hydrogen-bond donors (Lipinski definition) is 0. The van der Waals surface area contributed by atoms with Crippen molar-refractivity contribution in [1.29, 1.82) is 5.26 Å². The van der Waals surface area contributed by atoms with Gasteiger partial charge in [-0.25, -0.2) is 0 Å². The van der Waals surface area contributed by atoms with E-state index in [4.69, 9.17) is 5.26 Å². The number of rotatable bonds is 1. The molecule has 0 spiro atoms. The minimum absolute atomic E-state index is 0.633. The SMILES string of the molecule is N#Cc1cccc(-c2cccnn2)c1. The van der Waals surface area contributed by atoms with Gasteiger partial charge in [-0.3, -0.25) is 0 Å². The van der Waals surface area contributed by atoms with Gasteiger partial charge < -0.3 is 0 Å². The lowest BCUT2D eigenvalue weighted by Crippen LogP contribution is -1.85. The van der Waals surface area contributed by atoms with Crippen LogP contribution in [0.1, 0.15) is 5.56 Å². The zero-order valence-corrected chi connectivity index (χ0v) is 7.38. The Morgan fingerprint density at radius 1 is 1.14 bits per heavy atom. The molecule has 1 aromatic carbocycles. The number of benzene rings is 1. The van der Waals surface area contributed by atoms with Crippen molar-refractivity contribution in [3.05, 3.63) is 48.2 Å². The summed E-state index contributed by atoms with van der Waals surface area (Å²) in [7, 11) is 0. The van der Waals surface area contributed by atoms with Crippen LogP contribution in [0.5, 0.6) is 0 Å². The van der Waals surface area contributed by atoms with Gasteiger partial charge in [0.1, 0.15) is 0 Å². The molecule has 0 bridgehead atoms. The van der Waals surface area contributed by atoms with Crippen molar-refractivity contribution in [3.8, 4) is 17.3 Å². The second-order valence-corrected chi connectivity index (χ2v) is 2.80. The van der Waals surface area contributed by atoms with E-state index in [0.717, 1.165) is 11.3 Å². The predicted molar refractivity (Wildman–Crippen MR) is 52.2 cm³/mol. The molecule has 66 valence electrons. The molecule has 1 aromatic heterocycles. The van der Waals surface area contributed by atoms with Gasteiger partial charge in [-0.05, 0) is 24.3 Å². The van der Waals surface area contributed by atoms with Gasteiger partial charge >= 0.3 is 0 Å². The van der Waals surface area contributed by atoms with E-state index in [-0.39, 0.29) is 0 Å². The average Bonchev–Trinajstić information content (AvgIpc) is 2.30. The van der Waals surface area contributed by atoms with Crippen molar-refractivity contribution < 1.29 is 0 Å². The maximum Gasteiger partial charge on any atom is 0.0991 e. The molecular weight excluding hydrogens is 174 g/mol. The molecule has 0 N–H and O–H groups in total. The lowest BCUT2D eigenvalue weighted by Gasteiger charge is -1.98. The Hall–Kier alpha value is -2.21. The highest BCUT2D eigenvalue weighted by atomic mass is 15.1. The molecule has 0 fully saturated rings. The van der Waals surface area contributed by atoms with Crippen molar-refractivity contribution in [2.45, 2.75) is 0 Å². The Morgan fingerprint density at radius 3 is 2.79 bits per heavy atom. The summed E-state index contributed by atoms with van der Waals surface area (Å²) in [6, 6.07) is 13.1. The van der Waals surface area contributed by atoms with Gasteiger partial charge in [0.15, 0.2) is 0 Å². The van der Waals surface area contributed by atoms with Crippen molar-refractivity contribution >= 4 is 0 Å². The molecular formula is C11H7N3. The standard InChI is InChI=1S/C11H7N3/c12-8-9-3-1-4-10(7-9)11-5-2-6-13-14-11/h1-7H. The maximum atomic E-state index is 8.72. The van der Waals surface area contributed by atoms with Crippen LogP contribution in [0.2, 0.25) is 0 Å². The third-order valence-corrected chi connectivity index (χ3v) is 1.86. The van der Waals surface area contributed by atoms with Crippen LogP contribution in [0.3, 0.4) is 0 Å². The highest BCUT2D eigenvalue weighted by Gasteiger charge is 1.99. The van der Waals surface area contributed by atoms with Gasteiger partial charge in [-0.15, -0.1) is 0 Å². The highest BCUT2D eigenvalue weighted by Crippen LogP contribution is 2.16. The summed E-state index contributed by atoms with van der Waals surface area (Å²) in [6.07, 6.45) is 1.62. The summed E-state index contributed by atoms with van der Waals surface area (Å²) in [4.78, 5) is 0. The summed E-state index contributed by atoms with van der Waals surface area (Å²) >= 11 is 0. The lowest BCUT2D eigenvalue weighted by molar-refractivity contribution is 1.04. The molecule has 3 nitrogen and oxygen atoms in total. The van der Waals surface area contributed by atoms with E-state index in [1.807, 2.05) is 24.3 Å². The summed E-state index contributed by atoms with van der Waals surface area (Å²) in [5, 5.41) is 16.5. The van der Waals surface area contributed by atoms with Crippen LogP contribution >= 0.6 is 0 Å². The van der Waals surface area contributed by atoms with Gasteiger partial charge in [-0.2, -0.15) is 15.5 Å². The fourth-order valence-electron chi connectivity index (χ4n) is 1.20. The van der Waals surface area contributed by atoms with Crippen LogP contribution in [0.4, 0.5) is 0 Å². The summed E-state index contributed by atoms with van der Waals surface area (Å²) in [6.45, 7) is 0. The molecule has 0 unspecified atom stereocenters. The second kappa shape index (κ2) is 3.67. The molecule has 0 amide bonds. The quantitative estimate of drug-likeness (QED) is 0.676. The van der Waals surface area contributed by atoms with Crippen molar-refractivity contribution in [1.82, 2.24) is 10.2 Å². The van der Waals surface area contributed by atoms with Gasteiger partial charge in [0, 0.05) is 11.8 Å². The zero-order chi connectivity index (χ0) is 9.80. The Labute approximate surface area is 81.7 Å². The predicted octanol–water partition coefficient (Wildman–Crippen LogP) is 2.02. The normalized spacial score (nSPS) is 9.36. The average molecular weight is 181 g/mol. The Bertz CT molecular complexity index is 471. The first-order valence-electron chi connectivity index (χ1n) is 4.18. The Kier molecular flexibility index (Phi) is 2.20. The molecule has 0 saturated carbocycles. The van der Waals surface area contributed by atoms with Crippen LogP contribution in [0.25, 0.3) is 11.3 Å². The number of nitrogens with zero attached hydrogens (tertiary/aromatic N) is 3. The first kappa shape index (κ1) is 8.39. The molecule has 3 heteroatoms. The molecule has 0 saturated heterocycles. The number of aromatic nitrogens is 2. The van der Waals surface area contributed by atoms with E-state index in [1.165, 1.54) is 0 Å². The van der Waals surface area contributed by atoms with Crippen LogP contribution < -0.4 is 0 Å². The van der Waals surface area contributed by atoms with Crippen LogP contribution in [-0.2, 0) is 0 Å². The number of nitriles is 1. The minimum atomic E-state index is 0.633. The summed E-state index contributed by atoms with van der Waals surface area (Å²) < 4.78 is 0. The largest absolute Gasteiger partial charge is 0.192 e. The zero-order valence-electron chi connectivity index (χ0n) is 7.38. The molecule has 14 heavy (non-hydrogen) atoms. The minimum Gasteiger partial charge on any atom is -0.192 e. The van der Waals surface area contributed by atoms with Crippen molar-refractivity contribution in [3.63, 3.8) is 0 Å². The van der Waals surface area contributed by atoms with Crippen molar-refractivity contribution in [2.75, 3.05) is 0 Å². The first-order valence-corrected chi connectivity index (χ1v) is 4.18. The van der Waals surface area contributed by atoms with E-state index in [2.05, 4.69) is 16.3 Å². The monoisotopic (exact) mass is 181 g/mol. The smallest absolute Gasteiger partial charge is 0.0991 e. The summed E-state index contributed by atoms with van der Waals surface area (Å²) in [5.74, 6) is 0. The van der Waals surface area contributed by atoms with Gasteiger partial charge in [-0.1, -0.05) is 12.1 Å². The molecule has 2 aromatic rings. The molecule has 2 rings (SSSR count). The fraction of sp³-hybridized carbons (Fsp3) is 0. The van der Waals surface area contributed by atoms with E-state index >= 15 is 0 Å². The Balaban J connectivity index is 2.49. The molecule has 0 aliphatic carbocycles. The van der Waals surface area contributed by atoms with Crippen LogP contribution in [0, 0.1) is 11.3 Å². The van der Waals surface area contributed by atoms with Gasteiger partial charge in [0.25, 0.3) is 0 Å². The van der Waals surface area contributed by atoms with Crippen molar-refractivity contribution in [2.24, 2.45) is 0 Å². The third-order valence-electron chi connectivity index (χ3n) is 1.86. The molecule has 0 aliphatic heterocycles. The molecule has 0 aliphatic rings. The maximum absolute atomic E-state index is 8.72. The van der Waals surface area contributed by atoms with E-state index < -0.39 is 0 Å². The molecule has 1 heterocycles. The molecule has 0 atom stereocenters. The lowest BCUT2D eigenvalue weighted by atomic mass is 10.1.